The van der Waals surface area contributed by atoms with Gasteiger partial charge < -0.3 is 14.9 Å². The molecular formula is C25H26N4O2. The Morgan fingerprint density at radius 3 is 2.58 bits per heavy atom. The van der Waals surface area contributed by atoms with Crippen LogP contribution in [0, 0.1) is 20.8 Å². The van der Waals surface area contributed by atoms with Crippen LogP contribution in [0.15, 0.2) is 59.5 Å². The highest BCUT2D eigenvalue weighted by molar-refractivity contribution is 6.07. The predicted molar refractivity (Wildman–Crippen MR) is 122 cm³/mol. The fourth-order valence-electron chi connectivity index (χ4n) is 4.27. The molecular weight excluding hydrogens is 388 g/mol. The van der Waals surface area contributed by atoms with Gasteiger partial charge in [0.15, 0.2) is 0 Å². The number of nitrogens with zero attached hydrogens (tertiary/aromatic N) is 2. The zero-order valence-electron chi connectivity index (χ0n) is 18.2. The van der Waals surface area contributed by atoms with Crippen molar-refractivity contribution >= 4 is 16.9 Å². The van der Waals surface area contributed by atoms with Crippen LogP contribution in [0.5, 0.6) is 0 Å². The number of aromatic amines is 1. The molecule has 0 aliphatic heterocycles. The van der Waals surface area contributed by atoms with Crippen LogP contribution >= 0.6 is 0 Å². The number of fused-ring (bicyclic) bond motifs is 1. The molecule has 1 unspecified atom stereocenters. The molecule has 6 nitrogen and oxygen atoms in total. The number of pyridine rings is 2. The van der Waals surface area contributed by atoms with E-state index < -0.39 is 0 Å². The lowest BCUT2D eigenvalue weighted by atomic mass is 10.1. The van der Waals surface area contributed by atoms with Gasteiger partial charge in [-0.2, -0.15) is 0 Å². The van der Waals surface area contributed by atoms with Gasteiger partial charge in [0, 0.05) is 29.7 Å². The van der Waals surface area contributed by atoms with Gasteiger partial charge in [-0.05, 0) is 57.0 Å². The van der Waals surface area contributed by atoms with Crippen LogP contribution in [0.1, 0.15) is 51.4 Å². The summed E-state index contributed by atoms with van der Waals surface area (Å²) in [4.78, 5) is 32.9. The number of aromatic nitrogens is 3. The molecule has 6 heteroatoms. The minimum absolute atomic E-state index is 0.0386. The molecule has 0 saturated heterocycles. The van der Waals surface area contributed by atoms with Crippen molar-refractivity contribution in [1.82, 2.24) is 19.9 Å². The molecule has 1 aromatic carbocycles. The van der Waals surface area contributed by atoms with E-state index in [1.807, 2.05) is 57.2 Å². The Hall–Kier alpha value is -3.67. The van der Waals surface area contributed by atoms with Crippen LogP contribution in [0.4, 0.5) is 0 Å². The smallest absolute Gasteiger partial charge is 0.255 e. The fourth-order valence-corrected chi connectivity index (χ4v) is 4.27. The largest absolute Gasteiger partial charge is 0.348 e. The molecule has 158 valence electrons. The summed E-state index contributed by atoms with van der Waals surface area (Å²) < 4.78 is 2.15. The molecule has 0 fully saturated rings. The van der Waals surface area contributed by atoms with Crippen molar-refractivity contribution in [1.29, 1.82) is 0 Å². The Morgan fingerprint density at radius 1 is 1.13 bits per heavy atom. The number of hydrogen-bond donors (Lipinski definition) is 2. The number of benzene rings is 1. The van der Waals surface area contributed by atoms with Crippen LogP contribution in [0.2, 0.25) is 0 Å². The summed E-state index contributed by atoms with van der Waals surface area (Å²) in [7, 11) is 0. The second-order valence-electron chi connectivity index (χ2n) is 7.91. The highest BCUT2D eigenvalue weighted by atomic mass is 16.2. The summed E-state index contributed by atoms with van der Waals surface area (Å²) in [5, 5.41) is 2.93. The van der Waals surface area contributed by atoms with Crippen molar-refractivity contribution in [2.24, 2.45) is 0 Å². The predicted octanol–water partition coefficient (Wildman–Crippen LogP) is 4.19. The molecule has 3 heterocycles. The first-order chi connectivity index (χ1) is 14.9. The lowest BCUT2D eigenvalue weighted by Crippen LogP contribution is -2.28. The van der Waals surface area contributed by atoms with E-state index in [0.717, 1.165) is 28.0 Å². The average Bonchev–Trinajstić information content (AvgIpc) is 3.04. The summed E-state index contributed by atoms with van der Waals surface area (Å²) in [6.45, 7) is 7.94. The van der Waals surface area contributed by atoms with Crippen molar-refractivity contribution < 1.29 is 4.79 Å². The highest BCUT2D eigenvalue weighted by Gasteiger charge is 2.24. The third-order valence-electron chi connectivity index (χ3n) is 5.82. The quantitative estimate of drug-likeness (QED) is 0.514. The second kappa shape index (κ2) is 8.22. The minimum atomic E-state index is -0.236. The molecule has 0 radical (unpaired) electrons. The number of rotatable bonds is 5. The van der Waals surface area contributed by atoms with Gasteiger partial charge in [-0.15, -0.1) is 0 Å². The molecule has 2 N–H and O–H groups in total. The van der Waals surface area contributed by atoms with Crippen LogP contribution < -0.4 is 10.9 Å². The minimum Gasteiger partial charge on any atom is -0.348 e. The summed E-state index contributed by atoms with van der Waals surface area (Å²) in [6, 6.07) is 16.0. The third-order valence-corrected chi connectivity index (χ3v) is 5.82. The van der Waals surface area contributed by atoms with Crippen molar-refractivity contribution in [2.45, 2.75) is 40.3 Å². The maximum absolute atomic E-state index is 13.2. The van der Waals surface area contributed by atoms with Gasteiger partial charge in [0.05, 0.1) is 17.1 Å². The lowest BCUT2D eigenvalue weighted by Gasteiger charge is -2.18. The molecule has 0 bridgehead atoms. The molecule has 0 aliphatic carbocycles. The summed E-state index contributed by atoms with van der Waals surface area (Å²) in [6.07, 6.45) is 1.70. The van der Waals surface area contributed by atoms with Gasteiger partial charge in [-0.1, -0.05) is 30.3 Å². The lowest BCUT2D eigenvalue weighted by molar-refractivity contribution is 0.0951. The van der Waals surface area contributed by atoms with Crippen molar-refractivity contribution in [2.75, 3.05) is 0 Å². The van der Waals surface area contributed by atoms with E-state index in [-0.39, 0.29) is 24.1 Å². The van der Waals surface area contributed by atoms with Crippen LogP contribution in [0.25, 0.3) is 11.0 Å². The molecule has 0 spiro atoms. The normalized spacial score (nSPS) is 12.1. The number of hydrogen-bond acceptors (Lipinski definition) is 3. The SMILES string of the molecule is Cc1cc(C)c(CNC(=O)c2c(C)n(C(C)c3ccccc3)c3cccnc23)c(=O)[nH]1. The topological polar surface area (TPSA) is 79.8 Å². The van der Waals surface area contributed by atoms with Crippen molar-refractivity contribution in [3.8, 4) is 0 Å². The zero-order valence-corrected chi connectivity index (χ0v) is 18.2. The van der Waals surface area contributed by atoms with Gasteiger partial charge in [-0.25, -0.2) is 0 Å². The van der Waals surface area contributed by atoms with E-state index in [1.165, 1.54) is 0 Å². The third kappa shape index (κ3) is 3.77. The molecule has 3 aromatic heterocycles. The first kappa shape index (κ1) is 20.6. The second-order valence-corrected chi connectivity index (χ2v) is 7.91. The number of carbonyl (C=O) groups is 1. The average molecular weight is 415 g/mol. The molecule has 4 aromatic rings. The fraction of sp³-hybridized carbons (Fsp3) is 0.240. The number of amides is 1. The van der Waals surface area contributed by atoms with Gasteiger partial charge in [-0.3, -0.25) is 14.6 Å². The monoisotopic (exact) mass is 414 g/mol. The summed E-state index contributed by atoms with van der Waals surface area (Å²) in [5.41, 5.74) is 6.16. The highest BCUT2D eigenvalue weighted by Crippen LogP contribution is 2.30. The van der Waals surface area contributed by atoms with Gasteiger partial charge >= 0.3 is 0 Å². The molecule has 4 rings (SSSR count). The molecule has 0 aliphatic rings. The molecule has 1 amide bonds. The van der Waals surface area contributed by atoms with E-state index in [4.69, 9.17) is 0 Å². The first-order valence-corrected chi connectivity index (χ1v) is 10.4. The maximum Gasteiger partial charge on any atom is 0.255 e. The first-order valence-electron chi connectivity index (χ1n) is 10.4. The van der Waals surface area contributed by atoms with E-state index in [2.05, 4.69) is 38.9 Å². The Morgan fingerprint density at radius 2 is 1.87 bits per heavy atom. The van der Waals surface area contributed by atoms with Gasteiger partial charge in [0.2, 0.25) is 0 Å². The Bertz CT molecular complexity index is 1320. The number of aryl methyl sites for hydroxylation is 2. The van der Waals surface area contributed by atoms with Crippen LogP contribution in [-0.2, 0) is 6.54 Å². The van der Waals surface area contributed by atoms with Gasteiger partial charge in [0.1, 0.15) is 5.52 Å². The summed E-state index contributed by atoms with van der Waals surface area (Å²) >= 11 is 0. The van der Waals surface area contributed by atoms with E-state index >= 15 is 0 Å². The zero-order chi connectivity index (χ0) is 22.1. The van der Waals surface area contributed by atoms with Gasteiger partial charge in [0.25, 0.3) is 11.5 Å². The standard InChI is InChI=1S/C25H26N4O2/c1-15-13-16(2)28-24(30)20(15)14-27-25(31)22-18(4)29(21-11-8-12-26-23(21)22)17(3)19-9-6-5-7-10-19/h5-13,17H,14H2,1-4H3,(H,27,31)(H,28,30). The summed E-state index contributed by atoms with van der Waals surface area (Å²) in [5.74, 6) is -0.236. The Balaban J connectivity index is 1.72. The van der Waals surface area contributed by atoms with E-state index in [1.54, 1.807) is 6.20 Å². The maximum atomic E-state index is 13.2. The molecule has 31 heavy (non-hydrogen) atoms. The number of nitrogens with one attached hydrogen (secondary N) is 2. The Kier molecular flexibility index (Phi) is 5.46. The van der Waals surface area contributed by atoms with Crippen molar-refractivity contribution in [3.63, 3.8) is 0 Å². The van der Waals surface area contributed by atoms with E-state index in [0.29, 0.717) is 16.6 Å². The number of carbonyl (C=O) groups excluding carboxylic acids is 1. The van der Waals surface area contributed by atoms with Crippen LogP contribution in [0.3, 0.4) is 0 Å². The molecule has 1 atom stereocenters. The van der Waals surface area contributed by atoms with E-state index in [9.17, 15) is 9.59 Å². The number of H-pyrrole nitrogens is 1. The van der Waals surface area contributed by atoms with Crippen molar-refractivity contribution in [3.05, 3.63) is 98.7 Å². The molecule has 0 saturated carbocycles. The Labute approximate surface area is 181 Å². The van der Waals surface area contributed by atoms with Crippen LogP contribution in [-0.4, -0.2) is 20.4 Å².